The minimum Gasteiger partial charge on any atom is -0.462 e. The molecular formula is C62H116NO8P. The molecule has 422 valence electrons. The molecule has 0 aliphatic carbocycles. The van der Waals surface area contributed by atoms with Gasteiger partial charge in [0.1, 0.15) is 6.61 Å². The summed E-state index contributed by atoms with van der Waals surface area (Å²) in [5, 5.41) is 0. The zero-order valence-corrected chi connectivity index (χ0v) is 48.1. The van der Waals surface area contributed by atoms with E-state index in [1.54, 1.807) is 0 Å². The first kappa shape index (κ1) is 70.0. The van der Waals surface area contributed by atoms with E-state index in [0.29, 0.717) is 6.42 Å². The first-order chi connectivity index (χ1) is 35.3. The molecule has 0 aromatic heterocycles. The molecule has 2 atom stereocenters. The van der Waals surface area contributed by atoms with Gasteiger partial charge in [-0.3, -0.25) is 18.6 Å². The number of rotatable bonds is 58. The topological polar surface area (TPSA) is 134 Å². The Bertz CT molecular complexity index is 1320. The molecule has 0 aliphatic heterocycles. The van der Waals surface area contributed by atoms with E-state index < -0.39 is 26.5 Å². The van der Waals surface area contributed by atoms with Gasteiger partial charge in [0, 0.05) is 19.4 Å². The third-order valence-electron chi connectivity index (χ3n) is 13.5. The van der Waals surface area contributed by atoms with Crippen LogP contribution in [0.1, 0.15) is 303 Å². The van der Waals surface area contributed by atoms with Crippen LogP contribution in [0, 0.1) is 0 Å². The molecular weight excluding hydrogens is 918 g/mol. The van der Waals surface area contributed by atoms with Crippen molar-refractivity contribution in [3.05, 3.63) is 48.6 Å². The Balaban J connectivity index is 3.81. The molecule has 0 spiro atoms. The number of hydrogen-bond acceptors (Lipinski definition) is 8. The van der Waals surface area contributed by atoms with E-state index >= 15 is 0 Å². The molecule has 0 aliphatic rings. The van der Waals surface area contributed by atoms with E-state index in [9.17, 15) is 19.0 Å². The lowest BCUT2D eigenvalue weighted by Gasteiger charge is -2.19. The summed E-state index contributed by atoms with van der Waals surface area (Å²) in [6.07, 6.45) is 71.9. The molecule has 0 amide bonds. The maximum absolute atomic E-state index is 12.7. The Hall–Kier alpha value is -2.03. The molecule has 0 saturated carbocycles. The minimum absolute atomic E-state index is 0.0559. The fraction of sp³-hybridized carbons (Fsp3) is 0.839. The number of carbonyl (C=O) groups is 2. The maximum atomic E-state index is 12.7. The van der Waals surface area contributed by atoms with Gasteiger partial charge in [-0.05, 0) is 51.4 Å². The largest absolute Gasteiger partial charge is 0.472 e. The standard InChI is InChI=1S/C62H116NO8P/c1-3-5-7-9-11-13-15-17-19-21-22-23-24-25-26-27-28-29-30-31-32-33-34-35-36-37-38-39-41-43-45-47-49-51-53-55-62(65)71-60(59-70-72(66,67)69-57-56-63)58-68-61(64)54-52-50-48-46-44-42-40-20-18-16-14-12-10-8-6-4-2/h5,7,11,13,17,19,22-23,60H,3-4,6,8-10,12,14-16,18,20-21,24-59,63H2,1-2H3,(H,66,67)/b7-5-,13-11-,19-17-,23-22-. The number of carbonyl (C=O) groups excluding carboxylic acids is 2. The van der Waals surface area contributed by atoms with Gasteiger partial charge < -0.3 is 20.1 Å². The van der Waals surface area contributed by atoms with Crippen LogP contribution in [0.3, 0.4) is 0 Å². The van der Waals surface area contributed by atoms with Crippen LogP contribution in [0.4, 0.5) is 0 Å². The third kappa shape index (κ3) is 57.3. The minimum atomic E-state index is -4.38. The number of nitrogens with two attached hydrogens (primary N) is 1. The summed E-state index contributed by atoms with van der Waals surface area (Å²) in [7, 11) is -4.38. The summed E-state index contributed by atoms with van der Waals surface area (Å²) in [5.41, 5.74) is 5.38. The molecule has 3 N–H and O–H groups in total. The molecule has 0 bridgehead atoms. The monoisotopic (exact) mass is 1030 g/mol. The summed E-state index contributed by atoms with van der Waals surface area (Å²) in [5.74, 6) is -0.810. The summed E-state index contributed by atoms with van der Waals surface area (Å²) in [6, 6.07) is 0. The van der Waals surface area contributed by atoms with Crippen molar-refractivity contribution in [1.82, 2.24) is 0 Å². The first-order valence-electron chi connectivity index (χ1n) is 30.6. The SMILES string of the molecule is CC/C=C\C/C=C\C/C=C\C/C=C\CCCCCCCCCCCCCCCCCCCCCCCCC(=O)OC(COC(=O)CCCCCCCCCCCCCCCCCC)COP(=O)(O)OCCN. The molecule has 2 unspecified atom stereocenters. The smallest absolute Gasteiger partial charge is 0.462 e. The van der Waals surface area contributed by atoms with Gasteiger partial charge in [-0.25, -0.2) is 4.57 Å². The van der Waals surface area contributed by atoms with E-state index in [1.807, 2.05) is 0 Å². The fourth-order valence-corrected chi connectivity index (χ4v) is 9.75. The van der Waals surface area contributed by atoms with Gasteiger partial charge in [-0.2, -0.15) is 0 Å². The van der Waals surface area contributed by atoms with Crippen LogP contribution in [0.2, 0.25) is 0 Å². The molecule has 10 heteroatoms. The average Bonchev–Trinajstić information content (AvgIpc) is 3.37. The number of phosphoric ester groups is 1. The molecule has 0 aromatic carbocycles. The van der Waals surface area contributed by atoms with Gasteiger partial charge in [0.2, 0.25) is 0 Å². The van der Waals surface area contributed by atoms with Gasteiger partial charge in [-0.15, -0.1) is 0 Å². The van der Waals surface area contributed by atoms with Crippen LogP contribution >= 0.6 is 7.82 Å². The van der Waals surface area contributed by atoms with Gasteiger partial charge in [0.15, 0.2) is 6.10 Å². The van der Waals surface area contributed by atoms with Crippen LogP contribution in [0.5, 0.6) is 0 Å². The molecule has 0 saturated heterocycles. The van der Waals surface area contributed by atoms with Crippen molar-refractivity contribution in [1.29, 1.82) is 0 Å². The van der Waals surface area contributed by atoms with Crippen molar-refractivity contribution in [2.45, 2.75) is 309 Å². The van der Waals surface area contributed by atoms with E-state index in [-0.39, 0.29) is 38.6 Å². The second kappa shape index (κ2) is 58.2. The number of ether oxygens (including phenoxy) is 2. The second-order valence-electron chi connectivity index (χ2n) is 20.6. The van der Waals surface area contributed by atoms with Crippen LogP contribution < -0.4 is 5.73 Å². The Morgan fingerprint density at radius 1 is 0.431 bits per heavy atom. The zero-order chi connectivity index (χ0) is 52.4. The van der Waals surface area contributed by atoms with Crippen LogP contribution in [-0.4, -0.2) is 49.3 Å². The van der Waals surface area contributed by atoms with E-state index in [4.69, 9.17) is 24.3 Å². The Kier molecular flexibility index (Phi) is 56.6. The number of esters is 2. The van der Waals surface area contributed by atoms with Crippen LogP contribution in [0.15, 0.2) is 48.6 Å². The van der Waals surface area contributed by atoms with E-state index in [1.165, 1.54) is 212 Å². The Morgan fingerprint density at radius 3 is 1.14 bits per heavy atom. The lowest BCUT2D eigenvalue weighted by Crippen LogP contribution is -2.29. The van der Waals surface area contributed by atoms with Crippen molar-refractivity contribution in [3.8, 4) is 0 Å². The van der Waals surface area contributed by atoms with Crippen molar-refractivity contribution in [3.63, 3.8) is 0 Å². The van der Waals surface area contributed by atoms with Gasteiger partial charge in [0.25, 0.3) is 0 Å². The molecule has 0 heterocycles. The van der Waals surface area contributed by atoms with E-state index in [0.717, 1.165) is 57.8 Å². The molecule has 0 aromatic rings. The summed E-state index contributed by atoms with van der Waals surface area (Å²) >= 11 is 0. The van der Waals surface area contributed by atoms with Crippen molar-refractivity contribution in [2.75, 3.05) is 26.4 Å². The lowest BCUT2D eigenvalue weighted by molar-refractivity contribution is -0.161. The van der Waals surface area contributed by atoms with Crippen molar-refractivity contribution >= 4 is 19.8 Å². The third-order valence-corrected chi connectivity index (χ3v) is 14.5. The zero-order valence-electron chi connectivity index (χ0n) is 47.2. The number of hydrogen-bond donors (Lipinski definition) is 2. The molecule has 0 rings (SSSR count). The van der Waals surface area contributed by atoms with Gasteiger partial charge >= 0.3 is 19.8 Å². The Morgan fingerprint density at radius 2 is 0.764 bits per heavy atom. The second-order valence-corrected chi connectivity index (χ2v) is 22.0. The molecule has 9 nitrogen and oxygen atoms in total. The van der Waals surface area contributed by atoms with Crippen LogP contribution in [-0.2, 0) is 32.7 Å². The van der Waals surface area contributed by atoms with Crippen LogP contribution in [0.25, 0.3) is 0 Å². The quantitative estimate of drug-likeness (QED) is 0.0264. The molecule has 72 heavy (non-hydrogen) atoms. The van der Waals surface area contributed by atoms with Gasteiger partial charge in [-0.1, -0.05) is 287 Å². The number of phosphoric acid groups is 1. The Labute approximate surface area is 445 Å². The summed E-state index contributed by atoms with van der Waals surface area (Å²) in [4.78, 5) is 35.2. The highest BCUT2D eigenvalue weighted by Gasteiger charge is 2.26. The predicted octanol–water partition coefficient (Wildman–Crippen LogP) is 19.4. The van der Waals surface area contributed by atoms with Crippen molar-refractivity contribution < 1.29 is 37.6 Å². The summed E-state index contributed by atoms with van der Waals surface area (Å²) in [6.45, 7) is 3.68. The number of unbranched alkanes of at least 4 members (excludes halogenated alkanes) is 37. The lowest BCUT2D eigenvalue weighted by atomic mass is 10.0. The van der Waals surface area contributed by atoms with Gasteiger partial charge in [0.05, 0.1) is 13.2 Å². The first-order valence-corrected chi connectivity index (χ1v) is 32.1. The molecule has 0 radical (unpaired) electrons. The predicted molar refractivity (Wildman–Crippen MR) is 307 cm³/mol. The van der Waals surface area contributed by atoms with Crippen molar-refractivity contribution in [2.24, 2.45) is 5.73 Å². The summed E-state index contributed by atoms with van der Waals surface area (Å²) < 4.78 is 33.0. The number of allylic oxidation sites excluding steroid dienone is 8. The average molecular weight is 1030 g/mol. The highest BCUT2D eigenvalue weighted by atomic mass is 31.2. The fourth-order valence-electron chi connectivity index (χ4n) is 8.98. The van der Waals surface area contributed by atoms with E-state index in [2.05, 4.69) is 62.5 Å². The highest BCUT2D eigenvalue weighted by Crippen LogP contribution is 2.43. The normalized spacial score (nSPS) is 13.3. The maximum Gasteiger partial charge on any atom is 0.472 e. The molecule has 0 fully saturated rings. The highest BCUT2D eigenvalue weighted by molar-refractivity contribution is 7.47.